The number of oxime groups is 1. The predicted molar refractivity (Wildman–Crippen MR) is 115 cm³/mol. The molecule has 0 radical (unpaired) electrons. The summed E-state index contributed by atoms with van der Waals surface area (Å²) in [6.07, 6.45) is 1.80. The molecule has 0 spiro atoms. The molecule has 1 N–H and O–H groups in total. The second-order valence-corrected chi connectivity index (χ2v) is 8.58. The van der Waals surface area contributed by atoms with Gasteiger partial charge in [0.25, 0.3) is 0 Å². The summed E-state index contributed by atoms with van der Waals surface area (Å²) in [6, 6.07) is 18.5. The van der Waals surface area contributed by atoms with E-state index in [2.05, 4.69) is 10.1 Å². The maximum atomic E-state index is 11.1. The number of rotatable bonds is 5. The van der Waals surface area contributed by atoms with Gasteiger partial charge >= 0.3 is 5.88 Å². The monoisotopic (exact) mass is 431 g/mol. The smallest absolute Gasteiger partial charge is 0.433 e. The lowest BCUT2D eigenvalue weighted by atomic mass is 9.78. The molecule has 3 atom stereocenters. The molecule has 162 valence electrons. The molecule has 32 heavy (non-hydrogen) atoms. The fourth-order valence-corrected chi connectivity index (χ4v) is 5.05. The maximum absolute atomic E-state index is 11.1. The molecule has 0 amide bonds. The van der Waals surface area contributed by atoms with Crippen molar-refractivity contribution in [3.63, 3.8) is 0 Å². The van der Waals surface area contributed by atoms with E-state index in [1.165, 1.54) is 6.07 Å². The average molecular weight is 431 g/mol. The summed E-state index contributed by atoms with van der Waals surface area (Å²) < 4.78 is 5.48. The number of hydrogen-bond acceptors (Lipinski definition) is 7. The van der Waals surface area contributed by atoms with Crippen molar-refractivity contribution in [3.05, 3.63) is 93.2 Å². The Hall–Kier alpha value is -3.65. The van der Waals surface area contributed by atoms with Crippen LogP contribution in [0.15, 0.2) is 70.2 Å². The van der Waals surface area contributed by atoms with Gasteiger partial charge in [0.05, 0.1) is 24.2 Å². The molecule has 8 heteroatoms. The number of furan rings is 1. The zero-order valence-electron chi connectivity index (χ0n) is 17.1. The topological polar surface area (TPSA) is 101 Å². The van der Waals surface area contributed by atoms with Crippen molar-refractivity contribution in [3.8, 4) is 5.75 Å². The lowest BCUT2D eigenvalue weighted by molar-refractivity contribution is -0.402. The van der Waals surface area contributed by atoms with E-state index in [-0.39, 0.29) is 29.8 Å². The van der Waals surface area contributed by atoms with Crippen LogP contribution in [-0.2, 0) is 11.4 Å². The molecular weight excluding hydrogens is 410 g/mol. The van der Waals surface area contributed by atoms with Crippen molar-refractivity contribution in [2.75, 3.05) is 0 Å². The minimum absolute atomic E-state index is 0.00725. The lowest BCUT2D eigenvalue weighted by Crippen LogP contribution is -2.47. The number of nitrogens with zero attached hydrogens (tertiary/aromatic N) is 3. The van der Waals surface area contributed by atoms with Gasteiger partial charge in [0.1, 0.15) is 16.4 Å². The van der Waals surface area contributed by atoms with Gasteiger partial charge in [-0.2, -0.15) is 0 Å². The second-order valence-electron chi connectivity index (χ2n) is 8.58. The van der Waals surface area contributed by atoms with Crippen LogP contribution in [0.1, 0.15) is 47.3 Å². The quantitative estimate of drug-likeness (QED) is 0.464. The molecule has 1 saturated carbocycles. The Labute approximate surface area is 183 Å². The van der Waals surface area contributed by atoms with Crippen LogP contribution in [0, 0.1) is 16.0 Å². The van der Waals surface area contributed by atoms with Gasteiger partial charge in [-0.15, -0.1) is 0 Å². The largest absolute Gasteiger partial charge is 0.508 e. The van der Waals surface area contributed by atoms with Gasteiger partial charge in [-0.05, 0) is 48.1 Å². The molecule has 8 nitrogen and oxygen atoms in total. The number of nitro groups is 1. The highest BCUT2D eigenvalue weighted by molar-refractivity contribution is 6.06. The molecule has 0 unspecified atom stereocenters. The van der Waals surface area contributed by atoms with Crippen molar-refractivity contribution < 1.29 is 19.3 Å². The van der Waals surface area contributed by atoms with Crippen LogP contribution < -0.4 is 0 Å². The van der Waals surface area contributed by atoms with E-state index in [0.29, 0.717) is 18.2 Å². The van der Waals surface area contributed by atoms with Crippen LogP contribution in [0.2, 0.25) is 0 Å². The van der Waals surface area contributed by atoms with Crippen LogP contribution in [0.5, 0.6) is 5.75 Å². The number of fused-ring (bicyclic) bond motifs is 3. The highest BCUT2D eigenvalue weighted by Crippen LogP contribution is 2.54. The first-order valence-electron chi connectivity index (χ1n) is 10.7. The number of phenols is 1. The third kappa shape index (κ3) is 3.06. The van der Waals surface area contributed by atoms with E-state index >= 15 is 0 Å². The molecule has 6 rings (SSSR count). The number of phenolic OH excluding ortho intramolecular Hbond substituents is 1. The average Bonchev–Trinajstić information content (AvgIpc) is 3.34. The summed E-state index contributed by atoms with van der Waals surface area (Å²) in [4.78, 5) is 18.8. The van der Waals surface area contributed by atoms with Crippen LogP contribution in [0.3, 0.4) is 0 Å². The molecule has 2 aromatic carbocycles. The molecule has 3 heterocycles. The molecule has 1 fully saturated rings. The Morgan fingerprint density at radius 2 is 1.91 bits per heavy atom. The van der Waals surface area contributed by atoms with Gasteiger partial charge in [0.2, 0.25) is 0 Å². The summed E-state index contributed by atoms with van der Waals surface area (Å²) in [7, 11) is 0. The predicted octanol–water partition coefficient (Wildman–Crippen LogP) is 4.70. The van der Waals surface area contributed by atoms with Gasteiger partial charge in [-0.3, -0.25) is 15.0 Å². The van der Waals surface area contributed by atoms with Gasteiger partial charge in [0, 0.05) is 11.6 Å². The molecule has 1 aliphatic carbocycles. The summed E-state index contributed by atoms with van der Waals surface area (Å²) in [5.74, 6) is 0.724. The van der Waals surface area contributed by atoms with E-state index in [1.54, 1.807) is 12.1 Å². The van der Waals surface area contributed by atoms with Crippen molar-refractivity contribution >= 4 is 11.6 Å². The molecule has 1 aromatic heterocycles. The minimum atomic E-state index is -0.531. The van der Waals surface area contributed by atoms with E-state index in [1.807, 2.05) is 42.5 Å². The Morgan fingerprint density at radius 3 is 2.62 bits per heavy atom. The zero-order chi connectivity index (χ0) is 21.8. The fourth-order valence-electron chi connectivity index (χ4n) is 5.05. The van der Waals surface area contributed by atoms with E-state index < -0.39 is 4.92 Å². The maximum Gasteiger partial charge on any atom is 0.433 e. The van der Waals surface area contributed by atoms with Gasteiger partial charge in [-0.25, -0.2) is 0 Å². The molecule has 0 saturated heterocycles. The third-order valence-electron chi connectivity index (χ3n) is 6.55. The minimum Gasteiger partial charge on any atom is -0.508 e. The SMILES string of the molecule is O=[N+]([O-])c1ccc(CN2[C@@H]3ON=C(c4ccccc4)[C@@H]3c3ccc(O)cc3[C@H]2C2CC2)o1. The van der Waals surface area contributed by atoms with Gasteiger partial charge in [-0.1, -0.05) is 41.6 Å². The first kappa shape index (κ1) is 19.1. The van der Waals surface area contributed by atoms with Crippen molar-refractivity contribution in [2.45, 2.75) is 37.6 Å². The summed E-state index contributed by atoms with van der Waals surface area (Å²) in [5.41, 5.74) is 3.99. The lowest BCUT2D eigenvalue weighted by Gasteiger charge is -2.43. The molecule has 3 aromatic rings. The molecule has 3 aliphatic rings. The highest BCUT2D eigenvalue weighted by Gasteiger charge is 2.52. The van der Waals surface area contributed by atoms with Crippen LogP contribution >= 0.6 is 0 Å². The normalized spacial score (nSPS) is 24.4. The number of hydrogen-bond donors (Lipinski definition) is 1. The van der Waals surface area contributed by atoms with Gasteiger partial charge < -0.3 is 14.4 Å². The summed E-state index contributed by atoms with van der Waals surface area (Å²) in [5, 5.41) is 25.9. The highest BCUT2D eigenvalue weighted by atomic mass is 16.7. The Balaban J connectivity index is 1.45. The van der Waals surface area contributed by atoms with Crippen LogP contribution in [0.25, 0.3) is 0 Å². The number of aromatic hydroxyl groups is 1. The summed E-state index contributed by atoms with van der Waals surface area (Å²) in [6.45, 7) is 0.350. The van der Waals surface area contributed by atoms with E-state index in [4.69, 9.17) is 9.25 Å². The van der Waals surface area contributed by atoms with Crippen molar-refractivity contribution in [2.24, 2.45) is 11.1 Å². The van der Waals surface area contributed by atoms with Crippen LogP contribution in [-0.4, -0.2) is 26.9 Å². The zero-order valence-corrected chi connectivity index (χ0v) is 17.1. The molecule has 0 bridgehead atoms. The Morgan fingerprint density at radius 1 is 1.09 bits per heavy atom. The fraction of sp³-hybridized carbons (Fsp3) is 0.292. The first-order chi connectivity index (χ1) is 15.6. The van der Waals surface area contributed by atoms with E-state index in [9.17, 15) is 15.2 Å². The van der Waals surface area contributed by atoms with E-state index in [0.717, 1.165) is 35.2 Å². The summed E-state index contributed by atoms with van der Waals surface area (Å²) >= 11 is 0. The Bertz CT molecular complexity index is 1220. The first-order valence-corrected chi connectivity index (χ1v) is 10.7. The molecular formula is C24H21N3O5. The second kappa shape index (κ2) is 7.20. The van der Waals surface area contributed by atoms with Crippen molar-refractivity contribution in [1.82, 2.24) is 4.90 Å². The standard InChI is InChI=1S/C24H21N3O5/c28-16-8-10-18-19(12-16)23(15-6-7-15)26(13-17-9-11-20(31-17)27(29)30)24-21(18)22(25-32-24)14-4-2-1-3-5-14/h1-5,8-12,15,21,23-24,28H,6-7,13H2/t21-,23+,24+/m0/s1. The van der Waals surface area contributed by atoms with Gasteiger partial charge in [0.15, 0.2) is 6.23 Å². The molecule has 2 aliphatic heterocycles. The third-order valence-corrected chi connectivity index (χ3v) is 6.55. The van der Waals surface area contributed by atoms with Crippen LogP contribution in [0.4, 0.5) is 5.88 Å². The Kier molecular flexibility index (Phi) is 4.29. The van der Waals surface area contributed by atoms with Crippen molar-refractivity contribution in [1.29, 1.82) is 0 Å². The number of benzene rings is 2.